The lowest BCUT2D eigenvalue weighted by Gasteiger charge is -2.05. The van der Waals surface area contributed by atoms with E-state index >= 15 is 0 Å². The summed E-state index contributed by atoms with van der Waals surface area (Å²) in [5, 5.41) is 0. The summed E-state index contributed by atoms with van der Waals surface area (Å²) in [6.07, 6.45) is 5.76. The van der Waals surface area contributed by atoms with Gasteiger partial charge in [0.05, 0.1) is 7.11 Å². The summed E-state index contributed by atoms with van der Waals surface area (Å²) in [5.74, 6) is 0.910. The number of hydrogen-bond acceptors (Lipinski definition) is 3. The van der Waals surface area contributed by atoms with Crippen molar-refractivity contribution in [3.63, 3.8) is 0 Å². The lowest BCUT2D eigenvalue weighted by Crippen LogP contribution is -2.17. The molecule has 0 saturated carbocycles. The molecule has 0 spiro atoms. The van der Waals surface area contributed by atoms with Crippen molar-refractivity contribution in [3.05, 3.63) is 30.3 Å². The Kier molecular flexibility index (Phi) is 12.9. The van der Waals surface area contributed by atoms with Crippen molar-refractivity contribution in [1.82, 2.24) is 4.72 Å². The molecule has 1 aromatic carbocycles. The van der Waals surface area contributed by atoms with Gasteiger partial charge in [-0.15, -0.1) is 0 Å². The van der Waals surface area contributed by atoms with Gasteiger partial charge in [-0.3, -0.25) is 4.21 Å². The molecule has 110 valence electrons. The molecule has 0 bridgehead atoms. The zero-order valence-corrected chi connectivity index (χ0v) is 12.6. The summed E-state index contributed by atoms with van der Waals surface area (Å²) in [5.41, 5.74) is 0. The van der Waals surface area contributed by atoms with Gasteiger partial charge in [0.1, 0.15) is 5.75 Å². The van der Waals surface area contributed by atoms with Crippen molar-refractivity contribution in [2.45, 2.75) is 39.0 Å². The molecule has 1 rings (SSSR count). The van der Waals surface area contributed by atoms with Crippen LogP contribution in [0.2, 0.25) is 0 Å². The average Bonchev–Trinajstić information content (AvgIpc) is 2.44. The second-order valence-corrected chi connectivity index (χ2v) is 4.82. The van der Waals surface area contributed by atoms with Crippen molar-refractivity contribution in [3.8, 4) is 5.75 Å². The second kappa shape index (κ2) is 13.5. The van der Waals surface area contributed by atoms with E-state index in [1.165, 1.54) is 19.3 Å². The van der Waals surface area contributed by atoms with E-state index in [-0.39, 0.29) is 0 Å². The monoisotopic (exact) mass is 286 g/mol. The van der Waals surface area contributed by atoms with Crippen LogP contribution in [-0.4, -0.2) is 22.4 Å². The minimum absolute atomic E-state index is 0.583. The maximum Gasteiger partial charge on any atom is 0.118 e. The van der Waals surface area contributed by atoms with Gasteiger partial charge in [0.15, 0.2) is 0 Å². The molecule has 0 saturated heterocycles. The highest BCUT2D eigenvalue weighted by atomic mass is 32.2. The van der Waals surface area contributed by atoms with Crippen LogP contribution in [0.5, 0.6) is 5.75 Å². The summed E-state index contributed by atoms with van der Waals surface area (Å²) in [6, 6.07) is 9.68. The number of para-hydroxylation sites is 1. The minimum atomic E-state index is -2.07. The SMILES string of the molecule is CCCCCCCNS(=O)[O-].COc1ccccc1. The van der Waals surface area contributed by atoms with Crippen molar-refractivity contribution < 1.29 is 13.5 Å². The summed E-state index contributed by atoms with van der Waals surface area (Å²) in [6.45, 7) is 2.74. The van der Waals surface area contributed by atoms with Gasteiger partial charge in [-0.1, -0.05) is 50.8 Å². The lowest BCUT2D eigenvalue weighted by atomic mass is 10.2. The molecule has 0 aliphatic carbocycles. The third-order valence-corrected chi connectivity index (χ3v) is 2.92. The number of methoxy groups -OCH3 is 1. The molecule has 1 atom stereocenters. The van der Waals surface area contributed by atoms with Gasteiger partial charge in [0.2, 0.25) is 0 Å². The summed E-state index contributed by atoms with van der Waals surface area (Å²) >= 11 is -2.07. The van der Waals surface area contributed by atoms with Crippen LogP contribution < -0.4 is 9.46 Å². The van der Waals surface area contributed by atoms with Gasteiger partial charge < -0.3 is 9.29 Å². The van der Waals surface area contributed by atoms with Crippen LogP contribution in [0.15, 0.2) is 30.3 Å². The van der Waals surface area contributed by atoms with E-state index in [1.54, 1.807) is 7.11 Å². The molecule has 1 N–H and O–H groups in total. The number of nitrogens with one attached hydrogen (secondary N) is 1. The van der Waals surface area contributed by atoms with Gasteiger partial charge in [-0.05, 0) is 18.6 Å². The Labute approximate surface area is 119 Å². The largest absolute Gasteiger partial charge is 0.760 e. The Morgan fingerprint density at radius 3 is 2.26 bits per heavy atom. The first-order valence-electron chi connectivity index (χ1n) is 6.62. The van der Waals surface area contributed by atoms with Crippen LogP contribution in [0, 0.1) is 0 Å². The summed E-state index contributed by atoms with van der Waals surface area (Å²) < 4.78 is 27.2. The maximum atomic E-state index is 9.98. The van der Waals surface area contributed by atoms with Crippen molar-refractivity contribution >= 4 is 11.3 Å². The summed E-state index contributed by atoms with van der Waals surface area (Å²) in [7, 11) is 1.66. The third-order valence-electron chi connectivity index (χ3n) is 2.48. The van der Waals surface area contributed by atoms with Gasteiger partial charge in [0, 0.05) is 17.8 Å². The van der Waals surface area contributed by atoms with E-state index in [0.29, 0.717) is 6.54 Å². The average molecular weight is 286 g/mol. The molecular weight excluding hydrogens is 262 g/mol. The van der Waals surface area contributed by atoms with E-state index < -0.39 is 11.3 Å². The van der Waals surface area contributed by atoms with Crippen LogP contribution in [-0.2, 0) is 11.3 Å². The second-order valence-electron chi connectivity index (χ2n) is 4.06. The highest BCUT2D eigenvalue weighted by Gasteiger charge is 1.87. The van der Waals surface area contributed by atoms with Crippen LogP contribution in [0.4, 0.5) is 0 Å². The summed E-state index contributed by atoms with van der Waals surface area (Å²) in [4.78, 5) is 0. The number of ether oxygens (including phenoxy) is 1. The fraction of sp³-hybridized carbons (Fsp3) is 0.571. The molecule has 1 unspecified atom stereocenters. The highest BCUT2D eigenvalue weighted by molar-refractivity contribution is 7.77. The Morgan fingerprint density at radius 2 is 1.79 bits per heavy atom. The van der Waals surface area contributed by atoms with Crippen molar-refractivity contribution in [2.24, 2.45) is 0 Å². The molecule has 0 aliphatic rings. The number of benzene rings is 1. The molecular formula is C14H24NO3S-. The van der Waals surface area contributed by atoms with Crippen molar-refractivity contribution in [2.75, 3.05) is 13.7 Å². The van der Waals surface area contributed by atoms with Crippen LogP contribution in [0.25, 0.3) is 0 Å². The molecule has 0 aromatic heterocycles. The van der Waals surface area contributed by atoms with Crippen LogP contribution >= 0.6 is 0 Å². The Bertz CT molecular complexity index is 320. The molecule has 0 heterocycles. The first-order valence-corrected chi connectivity index (χ1v) is 7.70. The fourth-order valence-electron chi connectivity index (χ4n) is 1.44. The predicted molar refractivity (Wildman–Crippen MR) is 78.7 cm³/mol. The van der Waals surface area contributed by atoms with Crippen LogP contribution in [0.3, 0.4) is 0 Å². The van der Waals surface area contributed by atoms with E-state index in [0.717, 1.165) is 18.6 Å². The maximum absolute atomic E-state index is 9.98. The normalized spacial score (nSPS) is 11.3. The third kappa shape index (κ3) is 13.3. The molecule has 0 fully saturated rings. The van der Waals surface area contributed by atoms with E-state index in [4.69, 9.17) is 4.74 Å². The smallest absolute Gasteiger partial charge is 0.118 e. The van der Waals surface area contributed by atoms with Gasteiger partial charge >= 0.3 is 0 Å². The zero-order chi connectivity index (χ0) is 14.3. The quantitative estimate of drug-likeness (QED) is 0.590. The van der Waals surface area contributed by atoms with E-state index in [2.05, 4.69) is 11.6 Å². The Hall–Kier alpha value is -0.910. The Balaban J connectivity index is 0.000000356. The van der Waals surface area contributed by atoms with Crippen LogP contribution in [0.1, 0.15) is 39.0 Å². The van der Waals surface area contributed by atoms with E-state index in [1.807, 2.05) is 30.3 Å². The van der Waals surface area contributed by atoms with Crippen molar-refractivity contribution in [1.29, 1.82) is 0 Å². The number of unbranched alkanes of at least 4 members (excludes halogenated alkanes) is 4. The molecule has 0 radical (unpaired) electrons. The predicted octanol–water partition coefficient (Wildman–Crippen LogP) is 3.04. The first kappa shape index (κ1) is 18.1. The first-order chi connectivity index (χ1) is 9.20. The lowest BCUT2D eigenvalue weighted by molar-refractivity contribution is 0.415. The standard InChI is InChI=1S/C7H17NO2S.C7H8O/c1-2-3-4-5-6-7-8-11(9)10;1-8-7-5-3-2-4-6-7/h8H,2-7H2,1H3,(H,9,10);2-6H,1H3/p-1. The molecule has 0 aliphatic heterocycles. The van der Waals surface area contributed by atoms with E-state index in [9.17, 15) is 8.76 Å². The Morgan fingerprint density at radius 1 is 1.16 bits per heavy atom. The zero-order valence-electron chi connectivity index (χ0n) is 11.8. The fourth-order valence-corrected chi connectivity index (χ4v) is 1.75. The van der Waals surface area contributed by atoms with Gasteiger partial charge in [-0.25, -0.2) is 4.72 Å². The number of rotatable bonds is 8. The minimum Gasteiger partial charge on any atom is -0.760 e. The molecule has 1 aromatic rings. The highest BCUT2D eigenvalue weighted by Crippen LogP contribution is 2.05. The van der Waals surface area contributed by atoms with Gasteiger partial charge in [-0.2, -0.15) is 0 Å². The van der Waals surface area contributed by atoms with Gasteiger partial charge in [0.25, 0.3) is 0 Å². The molecule has 0 amide bonds. The number of hydrogen-bond donors (Lipinski definition) is 1. The molecule has 5 heteroatoms. The molecule has 4 nitrogen and oxygen atoms in total. The topological polar surface area (TPSA) is 61.4 Å². The molecule has 19 heavy (non-hydrogen) atoms.